The Morgan fingerprint density at radius 2 is 2.08 bits per heavy atom. The average molecular weight is 174 g/mol. The van der Waals surface area contributed by atoms with Crippen molar-refractivity contribution >= 4 is 0 Å². The van der Waals surface area contributed by atoms with Crippen molar-refractivity contribution in [1.29, 1.82) is 0 Å². The van der Waals surface area contributed by atoms with Gasteiger partial charge in [0.2, 0.25) is 0 Å². The molecule has 0 aromatic heterocycles. The molecule has 7 N–H and O–H groups in total. The van der Waals surface area contributed by atoms with E-state index in [9.17, 15) is 0 Å². The molecule has 0 unspecified atom stereocenters. The molecule has 12 heavy (non-hydrogen) atoms. The maximum atomic E-state index is 8.49. The van der Waals surface area contributed by atoms with Crippen LogP contribution in [-0.4, -0.2) is 29.8 Å². The molecular weight excluding hydrogens is 156 g/mol. The molecule has 5 nitrogen and oxygen atoms in total. The van der Waals surface area contributed by atoms with Crippen molar-refractivity contribution in [3.8, 4) is 0 Å². The minimum absolute atomic E-state index is 0.198. The standard InChI is InChI=1S/C7H18N4O/c8-5-7(9)6-11(10)3-1-2-4-12/h6,12H,1-5,8-10H2/b7-6-. The molecule has 72 valence electrons. The zero-order valence-corrected chi connectivity index (χ0v) is 7.24. The van der Waals surface area contributed by atoms with Gasteiger partial charge in [-0.2, -0.15) is 0 Å². The van der Waals surface area contributed by atoms with Crippen LogP contribution in [0.3, 0.4) is 0 Å². The summed E-state index contributed by atoms with van der Waals surface area (Å²) < 4.78 is 0. The SMILES string of the molecule is NC/C(N)=C/N(N)CCCCO. The molecular formula is C7H18N4O. The van der Waals surface area contributed by atoms with Gasteiger partial charge in [0.1, 0.15) is 0 Å². The quantitative estimate of drug-likeness (QED) is 0.227. The van der Waals surface area contributed by atoms with Crippen molar-refractivity contribution in [2.75, 3.05) is 19.7 Å². The number of hydrazine groups is 1. The van der Waals surface area contributed by atoms with Crippen molar-refractivity contribution in [3.63, 3.8) is 0 Å². The Hall–Kier alpha value is -0.780. The molecule has 0 amide bonds. The molecule has 5 heteroatoms. The summed E-state index contributed by atoms with van der Waals surface area (Å²) in [4.78, 5) is 0. The Morgan fingerprint density at radius 3 is 2.58 bits per heavy atom. The van der Waals surface area contributed by atoms with Crippen LogP contribution in [0.25, 0.3) is 0 Å². The molecule has 0 saturated heterocycles. The maximum Gasteiger partial charge on any atom is 0.0431 e. The first-order valence-corrected chi connectivity index (χ1v) is 3.99. The third-order valence-electron chi connectivity index (χ3n) is 1.39. The summed E-state index contributed by atoms with van der Waals surface area (Å²) in [5.74, 6) is 5.53. The number of hydrogen-bond donors (Lipinski definition) is 4. The van der Waals surface area contributed by atoms with E-state index in [1.54, 1.807) is 6.20 Å². The van der Waals surface area contributed by atoms with Crippen LogP contribution in [0.15, 0.2) is 11.9 Å². The summed E-state index contributed by atoms with van der Waals surface area (Å²) in [5, 5.41) is 9.97. The van der Waals surface area contributed by atoms with E-state index >= 15 is 0 Å². The molecule has 0 aromatic rings. The Kier molecular flexibility index (Phi) is 6.45. The van der Waals surface area contributed by atoms with E-state index in [0.29, 0.717) is 18.8 Å². The summed E-state index contributed by atoms with van der Waals surface area (Å²) in [6.07, 6.45) is 3.21. The number of aliphatic hydroxyl groups is 1. The molecule has 0 heterocycles. The van der Waals surface area contributed by atoms with Gasteiger partial charge in [-0.15, -0.1) is 0 Å². The van der Waals surface area contributed by atoms with Crippen LogP contribution >= 0.6 is 0 Å². The molecule has 0 saturated carbocycles. The van der Waals surface area contributed by atoms with E-state index < -0.39 is 0 Å². The van der Waals surface area contributed by atoms with Gasteiger partial charge in [-0.1, -0.05) is 0 Å². The minimum Gasteiger partial charge on any atom is -0.400 e. The highest BCUT2D eigenvalue weighted by molar-refractivity contribution is 4.95. The van der Waals surface area contributed by atoms with E-state index in [0.717, 1.165) is 12.8 Å². The van der Waals surface area contributed by atoms with Crippen molar-refractivity contribution in [1.82, 2.24) is 5.01 Å². The van der Waals surface area contributed by atoms with Crippen LogP contribution < -0.4 is 17.3 Å². The maximum absolute atomic E-state index is 8.49. The van der Waals surface area contributed by atoms with Crippen molar-refractivity contribution < 1.29 is 5.11 Å². The third kappa shape index (κ3) is 5.96. The molecule has 0 aliphatic heterocycles. The predicted octanol–water partition coefficient (Wildman–Crippen LogP) is -1.31. The lowest BCUT2D eigenvalue weighted by atomic mass is 10.3. The lowest BCUT2D eigenvalue weighted by molar-refractivity contribution is 0.272. The number of nitrogens with two attached hydrogens (primary N) is 3. The highest BCUT2D eigenvalue weighted by atomic mass is 16.2. The van der Waals surface area contributed by atoms with Crippen LogP contribution in [0.1, 0.15) is 12.8 Å². The molecule has 0 radical (unpaired) electrons. The van der Waals surface area contributed by atoms with Crippen LogP contribution in [0.5, 0.6) is 0 Å². The fraction of sp³-hybridized carbons (Fsp3) is 0.714. The second-order valence-corrected chi connectivity index (χ2v) is 2.58. The molecule has 0 atom stereocenters. The van der Waals surface area contributed by atoms with Gasteiger partial charge in [-0.05, 0) is 12.8 Å². The monoisotopic (exact) mass is 174 g/mol. The summed E-state index contributed by atoms with van der Waals surface area (Å²) in [7, 11) is 0. The summed E-state index contributed by atoms with van der Waals surface area (Å²) >= 11 is 0. The molecule has 0 spiro atoms. The van der Waals surface area contributed by atoms with Gasteiger partial charge in [0.15, 0.2) is 0 Å². The lowest BCUT2D eigenvalue weighted by Gasteiger charge is -2.13. The van der Waals surface area contributed by atoms with Gasteiger partial charge in [0, 0.05) is 31.6 Å². The van der Waals surface area contributed by atoms with E-state index in [1.165, 1.54) is 5.01 Å². The fourth-order valence-corrected chi connectivity index (χ4v) is 0.736. The van der Waals surface area contributed by atoms with E-state index in [4.69, 9.17) is 22.4 Å². The third-order valence-corrected chi connectivity index (χ3v) is 1.39. The number of hydrogen-bond acceptors (Lipinski definition) is 5. The molecule has 0 fully saturated rings. The smallest absolute Gasteiger partial charge is 0.0431 e. The molecule has 0 bridgehead atoms. The first-order valence-electron chi connectivity index (χ1n) is 3.99. The zero-order chi connectivity index (χ0) is 9.40. The molecule has 0 aromatic carbocycles. The topological polar surface area (TPSA) is 102 Å². The van der Waals surface area contributed by atoms with Gasteiger partial charge < -0.3 is 21.6 Å². The first kappa shape index (κ1) is 11.2. The number of nitrogens with zero attached hydrogens (tertiary/aromatic N) is 1. The molecule has 0 rings (SSSR count). The van der Waals surface area contributed by atoms with E-state index in [2.05, 4.69) is 0 Å². The van der Waals surface area contributed by atoms with Gasteiger partial charge in [-0.25, -0.2) is 5.84 Å². The summed E-state index contributed by atoms with van der Waals surface area (Å²) in [5.41, 5.74) is 11.3. The molecule has 0 aliphatic rings. The van der Waals surface area contributed by atoms with Crippen LogP contribution in [0.2, 0.25) is 0 Å². The van der Waals surface area contributed by atoms with Crippen LogP contribution in [0, 0.1) is 0 Å². The second-order valence-electron chi connectivity index (χ2n) is 2.58. The van der Waals surface area contributed by atoms with Gasteiger partial charge in [-0.3, -0.25) is 0 Å². The Labute approximate surface area is 72.8 Å². The van der Waals surface area contributed by atoms with Crippen molar-refractivity contribution in [2.24, 2.45) is 17.3 Å². The van der Waals surface area contributed by atoms with E-state index in [1.807, 2.05) is 0 Å². The van der Waals surface area contributed by atoms with E-state index in [-0.39, 0.29) is 6.61 Å². The van der Waals surface area contributed by atoms with Crippen LogP contribution in [0.4, 0.5) is 0 Å². The summed E-state index contributed by atoms with van der Waals surface area (Å²) in [6.45, 7) is 1.19. The van der Waals surface area contributed by atoms with Gasteiger partial charge >= 0.3 is 0 Å². The second kappa shape index (κ2) is 6.90. The Morgan fingerprint density at radius 1 is 1.42 bits per heavy atom. The number of rotatable bonds is 6. The highest BCUT2D eigenvalue weighted by Crippen LogP contribution is 1.91. The average Bonchev–Trinajstić information content (AvgIpc) is 2.05. The van der Waals surface area contributed by atoms with Gasteiger partial charge in [0.05, 0.1) is 0 Å². The van der Waals surface area contributed by atoms with Crippen molar-refractivity contribution in [3.05, 3.63) is 11.9 Å². The van der Waals surface area contributed by atoms with Gasteiger partial charge in [0.25, 0.3) is 0 Å². The fourth-order valence-electron chi connectivity index (χ4n) is 0.736. The largest absolute Gasteiger partial charge is 0.400 e. The number of aliphatic hydroxyl groups excluding tert-OH is 1. The minimum atomic E-state index is 0.198. The van der Waals surface area contributed by atoms with Crippen molar-refractivity contribution in [2.45, 2.75) is 12.8 Å². The lowest BCUT2D eigenvalue weighted by Crippen LogP contribution is -2.29. The normalized spacial score (nSPS) is 11.8. The van der Waals surface area contributed by atoms with Crippen LogP contribution in [-0.2, 0) is 0 Å². The first-order chi connectivity index (χ1) is 5.70. The number of unbranched alkanes of at least 4 members (excludes halogenated alkanes) is 1. The highest BCUT2D eigenvalue weighted by Gasteiger charge is 1.93. The Balaban J connectivity index is 3.51. The Bertz CT molecular complexity index is 137. The molecule has 0 aliphatic carbocycles. The summed E-state index contributed by atoms with van der Waals surface area (Å²) in [6, 6.07) is 0. The zero-order valence-electron chi connectivity index (χ0n) is 7.24. The predicted molar refractivity (Wildman–Crippen MR) is 48.5 cm³/mol.